The highest BCUT2D eigenvalue weighted by molar-refractivity contribution is 7.98. The molecule has 0 fully saturated rings. The van der Waals surface area contributed by atoms with Gasteiger partial charge in [-0.1, -0.05) is 74.0 Å². The Hall–Kier alpha value is -4.30. The summed E-state index contributed by atoms with van der Waals surface area (Å²) in [6, 6.07) is 14.3. The standard InChI is InChI=1S/C35H52N6O7S/c1-23(2)29(40-34(46)48-35(4,5)6)32(44)39-28(22-49-21-26-17-15-24(3)16-18-26)30(42)38-27(31(43)41-36)14-10-11-19-37-33(45)47-20-25-12-8-7-9-13-25/h7-9,12-13,15-18,23,27-29H,10-11,14,19-22,36H2,1-6H3,(H,37,45)(H,38,42)(H,39,44)(H,40,46)(H,41,43)/t27-,28-,29-/m0/s1. The molecule has 7 N–H and O–H groups in total. The molecular formula is C35H52N6O7S. The third kappa shape index (κ3) is 16.6. The highest BCUT2D eigenvalue weighted by Gasteiger charge is 2.32. The molecule has 0 spiro atoms. The highest BCUT2D eigenvalue weighted by Crippen LogP contribution is 2.16. The second-order valence-corrected chi connectivity index (χ2v) is 14.0. The second kappa shape index (κ2) is 20.9. The first kappa shape index (κ1) is 40.9. The second-order valence-electron chi connectivity index (χ2n) is 13.0. The number of hydrogen-bond donors (Lipinski definition) is 6. The number of ether oxygens (including phenoxy) is 2. The molecule has 49 heavy (non-hydrogen) atoms. The average Bonchev–Trinajstić information content (AvgIpc) is 3.05. The third-order valence-electron chi connectivity index (χ3n) is 7.11. The van der Waals surface area contributed by atoms with Crippen LogP contribution in [0.4, 0.5) is 9.59 Å². The van der Waals surface area contributed by atoms with Gasteiger partial charge >= 0.3 is 12.2 Å². The number of carbonyl (C=O) groups is 5. The predicted molar refractivity (Wildman–Crippen MR) is 190 cm³/mol. The third-order valence-corrected chi connectivity index (χ3v) is 8.21. The maximum atomic E-state index is 13.6. The van der Waals surface area contributed by atoms with Crippen molar-refractivity contribution in [3.8, 4) is 0 Å². The van der Waals surface area contributed by atoms with Gasteiger partial charge in [-0.25, -0.2) is 15.4 Å². The zero-order valence-corrected chi connectivity index (χ0v) is 30.1. The Bertz CT molecular complexity index is 1350. The van der Waals surface area contributed by atoms with Gasteiger partial charge in [0, 0.05) is 18.1 Å². The lowest BCUT2D eigenvalue weighted by atomic mass is 10.0. The number of aryl methyl sites for hydroxylation is 1. The van der Waals surface area contributed by atoms with Gasteiger partial charge < -0.3 is 30.7 Å². The van der Waals surface area contributed by atoms with Gasteiger partial charge in [-0.05, 0) is 64.0 Å². The van der Waals surface area contributed by atoms with Crippen LogP contribution in [0.25, 0.3) is 0 Å². The van der Waals surface area contributed by atoms with Crippen LogP contribution in [0.2, 0.25) is 0 Å². The highest BCUT2D eigenvalue weighted by atomic mass is 32.2. The number of rotatable bonds is 18. The van der Waals surface area contributed by atoms with Gasteiger partial charge in [0.2, 0.25) is 11.8 Å². The van der Waals surface area contributed by atoms with Crippen molar-refractivity contribution in [3.63, 3.8) is 0 Å². The number of unbranched alkanes of at least 4 members (excludes halogenated alkanes) is 1. The van der Waals surface area contributed by atoms with Crippen molar-refractivity contribution in [2.24, 2.45) is 11.8 Å². The van der Waals surface area contributed by atoms with E-state index in [1.54, 1.807) is 34.6 Å². The minimum absolute atomic E-state index is 0.146. The number of nitrogens with two attached hydrogens (primary N) is 1. The van der Waals surface area contributed by atoms with Crippen molar-refractivity contribution in [2.75, 3.05) is 12.3 Å². The summed E-state index contributed by atoms with van der Waals surface area (Å²) in [6.45, 7) is 11.1. The minimum Gasteiger partial charge on any atom is -0.445 e. The van der Waals surface area contributed by atoms with Crippen LogP contribution in [0.5, 0.6) is 0 Å². The van der Waals surface area contributed by atoms with Crippen LogP contribution in [-0.2, 0) is 36.2 Å². The summed E-state index contributed by atoms with van der Waals surface area (Å²) >= 11 is 1.44. The molecule has 0 radical (unpaired) electrons. The first-order valence-electron chi connectivity index (χ1n) is 16.4. The van der Waals surface area contributed by atoms with Gasteiger partial charge in [0.1, 0.15) is 30.3 Å². The first-order valence-corrected chi connectivity index (χ1v) is 17.5. The largest absolute Gasteiger partial charge is 0.445 e. The molecule has 3 atom stereocenters. The van der Waals surface area contributed by atoms with Crippen LogP contribution >= 0.6 is 11.8 Å². The van der Waals surface area contributed by atoms with E-state index >= 15 is 0 Å². The summed E-state index contributed by atoms with van der Waals surface area (Å²) in [5, 5.41) is 10.8. The molecule has 270 valence electrons. The van der Waals surface area contributed by atoms with Crippen molar-refractivity contribution >= 4 is 41.7 Å². The van der Waals surface area contributed by atoms with E-state index in [9.17, 15) is 24.0 Å². The van der Waals surface area contributed by atoms with E-state index in [4.69, 9.17) is 15.3 Å². The molecule has 0 bridgehead atoms. The Balaban J connectivity index is 2.03. The van der Waals surface area contributed by atoms with E-state index in [0.29, 0.717) is 25.1 Å². The van der Waals surface area contributed by atoms with E-state index in [1.165, 1.54) is 11.8 Å². The topological polar surface area (TPSA) is 190 Å². The van der Waals surface area contributed by atoms with Crippen molar-refractivity contribution in [3.05, 3.63) is 71.3 Å². The molecular weight excluding hydrogens is 648 g/mol. The van der Waals surface area contributed by atoms with Gasteiger partial charge in [0.25, 0.3) is 5.91 Å². The van der Waals surface area contributed by atoms with Crippen LogP contribution in [-0.4, -0.2) is 65.9 Å². The molecule has 13 nitrogen and oxygen atoms in total. The van der Waals surface area contributed by atoms with E-state index < -0.39 is 53.6 Å². The zero-order valence-electron chi connectivity index (χ0n) is 29.3. The van der Waals surface area contributed by atoms with Crippen molar-refractivity contribution in [1.29, 1.82) is 0 Å². The lowest BCUT2D eigenvalue weighted by Gasteiger charge is -2.27. The van der Waals surface area contributed by atoms with E-state index in [-0.39, 0.29) is 24.7 Å². The molecule has 0 saturated carbocycles. The molecule has 2 aromatic rings. The summed E-state index contributed by atoms with van der Waals surface area (Å²) in [7, 11) is 0. The van der Waals surface area contributed by atoms with Crippen LogP contribution < -0.4 is 32.5 Å². The minimum atomic E-state index is -1.04. The Kier molecular flexibility index (Phi) is 17.5. The van der Waals surface area contributed by atoms with Gasteiger partial charge in [-0.3, -0.25) is 19.8 Å². The Morgan fingerprint density at radius 3 is 2.06 bits per heavy atom. The maximum absolute atomic E-state index is 13.6. The van der Waals surface area contributed by atoms with Crippen molar-refractivity contribution in [1.82, 2.24) is 26.7 Å². The summed E-state index contributed by atoms with van der Waals surface area (Å²) in [5.41, 5.74) is 4.36. The molecule has 0 aromatic heterocycles. The van der Waals surface area contributed by atoms with E-state index in [2.05, 4.69) is 26.7 Å². The Morgan fingerprint density at radius 1 is 0.796 bits per heavy atom. The normalized spacial score (nSPS) is 13.0. The number of benzene rings is 2. The fraction of sp³-hybridized carbons (Fsp3) is 0.514. The zero-order chi connectivity index (χ0) is 36.4. The predicted octanol–water partition coefficient (Wildman–Crippen LogP) is 3.83. The number of carbonyl (C=O) groups excluding carboxylic acids is 5. The number of alkyl carbamates (subject to hydrolysis) is 2. The number of hydrazine groups is 1. The number of nitrogens with one attached hydrogen (secondary N) is 5. The number of amides is 5. The smallest absolute Gasteiger partial charge is 0.408 e. The van der Waals surface area contributed by atoms with Gasteiger partial charge in [0.05, 0.1) is 0 Å². The van der Waals surface area contributed by atoms with Gasteiger partial charge in [-0.2, -0.15) is 11.8 Å². The van der Waals surface area contributed by atoms with Gasteiger partial charge in [0.15, 0.2) is 0 Å². The van der Waals surface area contributed by atoms with Crippen LogP contribution in [0, 0.1) is 12.8 Å². The summed E-state index contributed by atoms with van der Waals surface area (Å²) in [5.74, 6) is 4.12. The molecule has 0 aliphatic carbocycles. The molecule has 0 aliphatic rings. The summed E-state index contributed by atoms with van der Waals surface area (Å²) < 4.78 is 10.5. The molecule has 0 aliphatic heterocycles. The monoisotopic (exact) mass is 700 g/mol. The lowest BCUT2D eigenvalue weighted by molar-refractivity contribution is -0.132. The first-order chi connectivity index (χ1) is 23.2. The van der Waals surface area contributed by atoms with Crippen LogP contribution in [0.15, 0.2) is 54.6 Å². The van der Waals surface area contributed by atoms with E-state index in [0.717, 1.165) is 16.7 Å². The molecule has 0 saturated heterocycles. The van der Waals surface area contributed by atoms with Crippen LogP contribution in [0.3, 0.4) is 0 Å². The molecule has 2 rings (SSSR count). The molecule has 0 heterocycles. The van der Waals surface area contributed by atoms with E-state index in [1.807, 2.05) is 61.5 Å². The maximum Gasteiger partial charge on any atom is 0.408 e. The molecule has 2 aromatic carbocycles. The Labute approximate surface area is 293 Å². The lowest BCUT2D eigenvalue weighted by Crippen LogP contribution is -2.59. The molecule has 14 heteroatoms. The quantitative estimate of drug-likeness (QED) is 0.0581. The molecule has 5 amide bonds. The summed E-state index contributed by atoms with van der Waals surface area (Å²) in [6.07, 6.45) is -0.123. The van der Waals surface area contributed by atoms with Crippen molar-refractivity contribution < 1.29 is 33.4 Å². The fourth-order valence-electron chi connectivity index (χ4n) is 4.47. The Morgan fingerprint density at radius 2 is 1.45 bits per heavy atom. The average molecular weight is 701 g/mol. The van der Waals surface area contributed by atoms with Gasteiger partial charge in [-0.15, -0.1) is 0 Å². The number of thioether (sulfide) groups is 1. The van der Waals surface area contributed by atoms with Crippen LogP contribution in [0.1, 0.15) is 70.6 Å². The SMILES string of the molecule is Cc1ccc(CSC[C@H](NC(=O)[C@@H](NC(=O)OC(C)(C)C)C(C)C)C(=O)N[C@@H](CCCCNC(=O)OCc2ccccc2)C(=O)NN)cc1. The fourth-order valence-corrected chi connectivity index (χ4v) is 5.49. The summed E-state index contributed by atoms with van der Waals surface area (Å²) in [4.78, 5) is 64.3. The van der Waals surface area contributed by atoms with Crippen molar-refractivity contribution in [2.45, 2.75) is 96.9 Å². The molecule has 0 unspecified atom stereocenters. The number of hydrogen-bond acceptors (Lipinski definition) is 9.